The minimum absolute atomic E-state index is 0.126. The second-order valence-corrected chi connectivity index (χ2v) is 6.71. The van der Waals surface area contributed by atoms with Crippen LogP contribution < -0.4 is 0 Å². The van der Waals surface area contributed by atoms with Gasteiger partial charge in [-0.15, -0.1) is 11.6 Å². The molecule has 0 N–H and O–H groups in total. The van der Waals surface area contributed by atoms with Gasteiger partial charge in [-0.05, 0) is 43.9 Å². The van der Waals surface area contributed by atoms with E-state index in [4.69, 9.17) is 21.1 Å². The molecule has 0 aliphatic heterocycles. The fourth-order valence-corrected chi connectivity index (χ4v) is 3.41. The van der Waals surface area contributed by atoms with Gasteiger partial charge in [0.05, 0.1) is 17.6 Å². The van der Waals surface area contributed by atoms with Crippen molar-refractivity contribution in [2.45, 2.75) is 76.6 Å². The van der Waals surface area contributed by atoms with Gasteiger partial charge in [0.15, 0.2) is 0 Å². The van der Waals surface area contributed by atoms with Crippen molar-refractivity contribution in [3.05, 3.63) is 0 Å². The van der Waals surface area contributed by atoms with E-state index < -0.39 is 0 Å². The van der Waals surface area contributed by atoms with Gasteiger partial charge in [0.25, 0.3) is 0 Å². The summed E-state index contributed by atoms with van der Waals surface area (Å²) < 4.78 is 12.0. The lowest BCUT2D eigenvalue weighted by atomic mass is 9.80. The SMILES string of the molecule is CCCOC1C(Cl)CC1OC1CCC(C)C(C)C1. The molecule has 2 aliphatic carbocycles. The molecule has 2 rings (SSSR count). The predicted molar refractivity (Wildman–Crippen MR) is 75.1 cm³/mol. The van der Waals surface area contributed by atoms with E-state index in [1.807, 2.05) is 0 Å². The molecule has 18 heavy (non-hydrogen) atoms. The lowest BCUT2D eigenvalue weighted by Crippen LogP contribution is -2.52. The molecular weight excluding hydrogens is 248 g/mol. The van der Waals surface area contributed by atoms with Gasteiger partial charge >= 0.3 is 0 Å². The predicted octanol–water partition coefficient (Wildman–Crippen LogP) is 4.00. The average Bonchev–Trinajstić information content (AvgIpc) is 2.33. The van der Waals surface area contributed by atoms with Gasteiger partial charge < -0.3 is 9.47 Å². The number of ether oxygens (including phenoxy) is 2. The number of halogens is 1. The van der Waals surface area contributed by atoms with Crippen LogP contribution in [0.4, 0.5) is 0 Å². The van der Waals surface area contributed by atoms with Crippen molar-refractivity contribution in [3.63, 3.8) is 0 Å². The van der Waals surface area contributed by atoms with Crippen LogP contribution in [0.15, 0.2) is 0 Å². The molecule has 6 unspecified atom stereocenters. The largest absolute Gasteiger partial charge is 0.374 e. The normalized spacial score (nSPS) is 44.7. The minimum atomic E-state index is 0.126. The fraction of sp³-hybridized carbons (Fsp3) is 1.00. The Labute approximate surface area is 116 Å². The number of hydrogen-bond donors (Lipinski definition) is 0. The van der Waals surface area contributed by atoms with Crippen LogP contribution in [0.5, 0.6) is 0 Å². The first-order chi connectivity index (χ1) is 8.61. The third-order valence-electron chi connectivity index (χ3n) is 4.61. The Balaban J connectivity index is 1.76. The van der Waals surface area contributed by atoms with Crippen LogP contribution in [0.25, 0.3) is 0 Å². The summed E-state index contributed by atoms with van der Waals surface area (Å²) in [5.74, 6) is 1.63. The summed E-state index contributed by atoms with van der Waals surface area (Å²) in [5.41, 5.74) is 0. The Kier molecular flexibility index (Phi) is 5.35. The van der Waals surface area contributed by atoms with E-state index in [1.54, 1.807) is 0 Å². The summed E-state index contributed by atoms with van der Waals surface area (Å²) in [6.07, 6.45) is 6.49. The van der Waals surface area contributed by atoms with Gasteiger partial charge in [0.2, 0.25) is 0 Å². The molecule has 0 radical (unpaired) electrons. The molecule has 2 aliphatic rings. The highest BCUT2D eigenvalue weighted by Gasteiger charge is 2.43. The van der Waals surface area contributed by atoms with Crippen LogP contribution in [0.1, 0.15) is 52.9 Å². The van der Waals surface area contributed by atoms with E-state index in [1.165, 1.54) is 19.3 Å². The first-order valence-corrected chi connectivity index (χ1v) is 7.96. The van der Waals surface area contributed by atoms with Crippen LogP contribution in [0.2, 0.25) is 0 Å². The summed E-state index contributed by atoms with van der Waals surface area (Å²) in [6, 6.07) is 0. The van der Waals surface area contributed by atoms with Crippen LogP contribution in [0, 0.1) is 11.8 Å². The fourth-order valence-electron chi connectivity index (χ4n) is 2.99. The Hall–Kier alpha value is 0.210. The minimum Gasteiger partial charge on any atom is -0.374 e. The standard InChI is InChI=1S/C15H27ClO2/c1-4-7-17-15-13(16)9-14(15)18-12-6-5-10(2)11(3)8-12/h10-15H,4-9H2,1-3H3. The molecule has 2 nitrogen and oxygen atoms in total. The maximum absolute atomic E-state index is 6.22. The zero-order valence-corrected chi connectivity index (χ0v) is 12.7. The van der Waals surface area contributed by atoms with Crippen LogP contribution in [-0.4, -0.2) is 30.3 Å². The van der Waals surface area contributed by atoms with Crippen LogP contribution in [0.3, 0.4) is 0 Å². The molecule has 0 aromatic heterocycles. The van der Waals surface area contributed by atoms with Crippen molar-refractivity contribution >= 4 is 11.6 Å². The Bertz CT molecular complexity index is 259. The molecule has 6 atom stereocenters. The number of hydrogen-bond acceptors (Lipinski definition) is 2. The highest BCUT2D eigenvalue weighted by Crippen LogP contribution is 2.37. The highest BCUT2D eigenvalue weighted by molar-refractivity contribution is 6.21. The van der Waals surface area contributed by atoms with Crippen LogP contribution >= 0.6 is 11.6 Å². The molecule has 0 aromatic rings. The van der Waals surface area contributed by atoms with Crippen molar-refractivity contribution in [3.8, 4) is 0 Å². The molecule has 0 aromatic carbocycles. The van der Waals surface area contributed by atoms with Gasteiger partial charge in [0.1, 0.15) is 6.10 Å². The lowest BCUT2D eigenvalue weighted by molar-refractivity contribution is -0.158. The lowest BCUT2D eigenvalue weighted by Gasteiger charge is -2.44. The van der Waals surface area contributed by atoms with E-state index in [9.17, 15) is 0 Å². The maximum Gasteiger partial charge on any atom is 0.100 e. The third-order valence-corrected chi connectivity index (χ3v) is 5.04. The van der Waals surface area contributed by atoms with Gasteiger partial charge in [-0.3, -0.25) is 0 Å². The summed E-state index contributed by atoms with van der Waals surface area (Å²) in [7, 11) is 0. The molecule has 2 saturated carbocycles. The molecule has 2 fully saturated rings. The van der Waals surface area contributed by atoms with Crippen molar-refractivity contribution in [1.29, 1.82) is 0 Å². The van der Waals surface area contributed by atoms with Crippen molar-refractivity contribution < 1.29 is 9.47 Å². The maximum atomic E-state index is 6.22. The van der Waals surface area contributed by atoms with E-state index >= 15 is 0 Å². The van der Waals surface area contributed by atoms with Gasteiger partial charge in [-0.25, -0.2) is 0 Å². The molecule has 0 heterocycles. The zero-order valence-electron chi connectivity index (χ0n) is 11.9. The van der Waals surface area contributed by atoms with Gasteiger partial charge in [0, 0.05) is 6.61 Å². The van der Waals surface area contributed by atoms with E-state index in [0.717, 1.165) is 31.3 Å². The summed E-state index contributed by atoms with van der Waals surface area (Å²) in [5, 5.41) is 0.154. The second-order valence-electron chi connectivity index (χ2n) is 6.15. The Morgan fingerprint density at radius 3 is 2.50 bits per heavy atom. The van der Waals surface area contributed by atoms with Gasteiger partial charge in [-0.1, -0.05) is 20.8 Å². The van der Waals surface area contributed by atoms with Gasteiger partial charge in [-0.2, -0.15) is 0 Å². The number of rotatable bonds is 5. The monoisotopic (exact) mass is 274 g/mol. The zero-order chi connectivity index (χ0) is 13.1. The highest BCUT2D eigenvalue weighted by atomic mass is 35.5. The third kappa shape index (κ3) is 3.40. The molecular formula is C15H27ClO2. The molecule has 3 heteroatoms. The van der Waals surface area contributed by atoms with Crippen molar-refractivity contribution in [2.24, 2.45) is 11.8 Å². The molecule has 106 valence electrons. The topological polar surface area (TPSA) is 18.5 Å². The molecule has 0 saturated heterocycles. The summed E-state index contributed by atoms with van der Waals surface area (Å²) >= 11 is 6.21. The van der Waals surface area contributed by atoms with Crippen molar-refractivity contribution in [2.75, 3.05) is 6.61 Å². The Morgan fingerprint density at radius 2 is 1.89 bits per heavy atom. The smallest absolute Gasteiger partial charge is 0.100 e. The van der Waals surface area contributed by atoms with Crippen molar-refractivity contribution in [1.82, 2.24) is 0 Å². The first kappa shape index (κ1) is 14.6. The average molecular weight is 275 g/mol. The molecule has 0 spiro atoms. The van der Waals surface area contributed by atoms with E-state index in [-0.39, 0.29) is 17.6 Å². The summed E-state index contributed by atoms with van der Waals surface area (Å²) in [6.45, 7) is 7.62. The molecule has 0 amide bonds. The quantitative estimate of drug-likeness (QED) is 0.706. The van der Waals surface area contributed by atoms with E-state index in [2.05, 4.69) is 20.8 Å². The van der Waals surface area contributed by atoms with E-state index in [0.29, 0.717) is 6.10 Å². The Morgan fingerprint density at radius 1 is 1.11 bits per heavy atom. The molecule has 0 bridgehead atoms. The first-order valence-electron chi connectivity index (χ1n) is 7.53. The van der Waals surface area contributed by atoms with Crippen LogP contribution in [-0.2, 0) is 9.47 Å². The second kappa shape index (κ2) is 6.58. The number of alkyl halides is 1. The summed E-state index contributed by atoms with van der Waals surface area (Å²) in [4.78, 5) is 0.